The second kappa shape index (κ2) is 4.68. The number of carbonyl (C=O) groups is 2. The van der Waals surface area contributed by atoms with Gasteiger partial charge in [0.1, 0.15) is 0 Å². The summed E-state index contributed by atoms with van der Waals surface area (Å²) in [7, 11) is 1.17. The topological polar surface area (TPSA) is 75.6 Å². The Kier molecular flexibility index (Phi) is 4.21. The number of methoxy groups -OCH3 is 1. The molecule has 0 aliphatic rings. The minimum atomic E-state index is -1.27. The molecule has 0 aliphatic heterocycles. The van der Waals surface area contributed by atoms with Crippen molar-refractivity contribution < 1.29 is 19.4 Å². The van der Waals surface area contributed by atoms with Gasteiger partial charge in [-0.1, -0.05) is 0 Å². The number of amides is 1. The molecule has 0 aromatic rings. The maximum atomic E-state index is 10.5. The average Bonchev–Trinajstić information content (AvgIpc) is 1.98. The summed E-state index contributed by atoms with van der Waals surface area (Å²) in [5, 5.41) is 11.1. The summed E-state index contributed by atoms with van der Waals surface area (Å²) in [5.41, 5.74) is 0. The summed E-state index contributed by atoms with van der Waals surface area (Å²) in [5.74, 6) is -1.05. The van der Waals surface area contributed by atoms with Gasteiger partial charge in [-0.2, -0.15) is 0 Å². The smallest absolute Gasteiger partial charge is 0.336 e. The van der Waals surface area contributed by atoms with Crippen molar-refractivity contribution in [3.05, 3.63) is 0 Å². The fourth-order valence-electron chi connectivity index (χ4n) is 0.460. The summed E-state index contributed by atoms with van der Waals surface area (Å²) < 4.78 is 4.20. The molecular formula is C6H11NO4. The van der Waals surface area contributed by atoms with Gasteiger partial charge in [0.25, 0.3) is 0 Å². The van der Waals surface area contributed by atoms with Crippen LogP contribution >= 0.6 is 0 Å². The molecule has 2 N–H and O–H groups in total. The number of aliphatic hydroxyl groups excluding tert-OH is 1. The van der Waals surface area contributed by atoms with Crippen LogP contribution in [0.4, 0.5) is 0 Å². The lowest BCUT2D eigenvalue weighted by atomic mass is 10.3. The standard InChI is InChI=1S/C6H11NO4/c1-4(8)7-3-5(9)6(10)11-2/h5,9H,3H2,1-2H3,(H,7,8). The Bertz CT molecular complexity index is 157. The summed E-state index contributed by atoms with van der Waals surface area (Å²) >= 11 is 0. The molecule has 1 amide bonds. The zero-order chi connectivity index (χ0) is 8.85. The number of hydrogen-bond acceptors (Lipinski definition) is 4. The Morgan fingerprint density at radius 3 is 2.55 bits per heavy atom. The first-order chi connectivity index (χ1) is 5.07. The first kappa shape index (κ1) is 9.90. The Hall–Kier alpha value is -1.10. The zero-order valence-corrected chi connectivity index (χ0v) is 6.46. The van der Waals surface area contributed by atoms with Crippen molar-refractivity contribution in [2.45, 2.75) is 13.0 Å². The SMILES string of the molecule is COC(=O)C(O)CNC(C)=O. The second-order valence-electron chi connectivity index (χ2n) is 1.98. The van der Waals surface area contributed by atoms with Crippen molar-refractivity contribution in [1.29, 1.82) is 0 Å². The van der Waals surface area contributed by atoms with Gasteiger partial charge in [0.05, 0.1) is 13.7 Å². The van der Waals surface area contributed by atoms with Crippen molar-refractivity contribution in [1.82, 2.24) is 5.32 Å². The molecule has 0 spiro atoms. The van der Waals surface area contributed by atoms with E-state index in [1.54, 1.807) is 0 Å². The highest BCUT2D eigenvalue weighted by molar-refractivity contribution is 5.77. The van der Waals surface area contributed by atoms with E-state index >= 15 is 0 Å². The molecule has 0 aromatic carbocycles. The van der Waals surface area contributed by atoms with Gasteiger partial charge in [-0.05, 0) is 0 Å². The molecule has 5 nitrogen and oxygen atoms in total. The quantitative estimate of drug-likeness (QED) is 0.502. The lowest BCUT2D eigenvalue weighted by Crippen LogP contribution is -2.36. The Labute approximate surface area is 64.3 Å². The van der Waals surface area contributed by atoms with Crippen LogP contribution in [-0.2, 0) is 14.3 Å². The maximum Gasteiger partial charge on any atom is 0.336 e. The van der Waals surface area contributed by atoms with Gasteiger partial charge in [0.2, 0.25) is 5.91 Å². The van der Waals surface area contributed by atoms with Gasteiger partial charge in [-0.3, -0.25) is 4.79 Å². The predicted molar refractivity (Wildman–Crippen MR) is 36.7 cm³/mol. The monoisotopic (exact) mass is 161 g/mol. The molecule has 0 aromatic heterocycles. The van der Waals surface area contributed by atoms with Gasteiger partial charge >= 0.3 is 5.97 Å². The zero-order valence-electron chi connectivity index (χ0n) is 6.46. The Balaban J connectivity index is 3.60. The van der Waals surface area contributed by atoms with Crippen molar-refractivity contribution in [2.75, 3.05) is 13.7 Å². The molecule has 64 valence electrons. The molecule has 11 heavy (non-hydrogen) atoms. The van der Waals surface area contributed by atoms with E-state index in [-0.39, 0.29) is 12.5 Å². The average molecular weight is 161 g/mol. The number of rotatable bonds is 3. The lowest BCUT2D eigenvalue weighted by molar-refractivity contribution is -0.150. The summed E-state index contributed by atoms with van der Waals surface area (Å²) in [6.45, 7) is 1.19. The van der Waals surface area contributed by atoms with Crippen LogP contribution in [-0.4, -0.2) is 36.7 Å². The molecule has 1 unspecified atom stereocenters. The molecule has 0 heterocycles. The van der Waals surface area contributed by atoms with Gasteiger partial charge in [-0.15, -0.1) is 0 Å². The summed E-state index contributed by atoms with van der Waals surface area (Å²) in [6.07, 6.45) is -1.27. The Morgan fingerprint density at radius 1 is 1.64 bits per heavy atom. The number of carbonyl (C=O) groups excluding carboxylic acids is 2. The third-order valence-corrected chi connectivity index (χ3v) is 1.02. The normalized spacial score (nSPS) is 11.9. The van der Waals surface area contributed by atoms with Crippen molar-refractivity contribution in [2.24, 2.45) is 0 Å². The van der Waals surface area contributed by atoms with E-state index in [1.807, 2.05) is 0 Å². The number of hydrogen-bond donors (Lipinski definition) is 2. The van der Waals surface area contributed by atoms with E-state index < -0.39 is 12.1 Å². The molecule has 0 rings (SSSR count). The van der Waals surface area contributed by atoms with Crippen molar-refractivity contribution >= 4 is 11.9 Å². The van der Waals surface area contributed by atoms with Crippen LogP contribution in [0, 0.1) is 0 Å². The van der Waals surface area contributed by atoms with E-state index in [0.717, 1.165) is 0 Å². The number of esters is 1. The largest absolute Gasteiger partial charge is 0.467 e. The van der Waals surface area contributed by atoms with E-state index in [9.17, 15) is 9.59 Å². The molecule has 1 atom stereocenters. The maximum absolute atomic E-state index is 10.5. The fraction of sp³-hybridized carbons (Fsp3) is 0.667. The van der Waals surface area contributed by atoms with Gasteiger partial charge < -0.3 is 15.2 Å². The van der Waals surface area contributed by atoms with Crippen molar-refractivity contribution in [3.8, 4) is 0 Å². The van der Waals surface area contributed by atoms with Gasteiger partial charge in [-0.25, -0.2) is 4.79 Å². The molecule has 0 bridgehead atoms. The van der Waals surface area contributed by atoms with E-state index in [2.05, 4.69) is 10.1 Å². The van der Waals surface area contributed by atoms with Crippen LogP contribution in [0.2, 0.25) is 0 Å². The summed E-state index contributed by atoms with van der Waals surface area (Å²) in [4.78, 5) is 20.8. The number of aliphatic hydroxyl groups is 1. The molecule has 0 fully saturated rings. The number of ether oxygens (including phenoxy) is 1. The Morgan fingerprint density at radius 2 is 2.18 bits per heavy atom. The first-order valence-electron chi connectivity index (χ1n) is 3.08. The van der Waals surface area contributed by atoms with E-state index in [0.29, 0.717) is 0 Å². The highest BCUT2D eigenvalue weighted by Gasteiger charge is 2.14. The highest BCUT2D eigenvalue weighted by atomic mass is 16.5. The lowest BCUT2D eigenvalue weighted by Gasteiger charge is -2.07. The molecular weight excluding hydrogens is 150 g/mol. The van der Waals surface area contributed by atoms with E-state index in [1.165, 1.54) is 14.0 Å². The van der Waals surface area contributed by atoms with E-state index in [4.69, 9.17) is 5.11 Å². The minimum absolute atomic E-state index is 0.109. The summed E-state index contributed by atoms with van der Waals surface area (Å²) in [6, 6.07) is 0. The van der Waals surface area contributed by atoms with Crippen LogP contribution in [0.3, 0.4) is 0 Å². The van der Waals surface area contributed by atoms with Crippen LogP contribution < -0.4 is 5.32 Å². The molecule has 0 aliphatic carbocycles. The number of nitrogens with one attached hydrogen (secondary N) is 1. The molecule has 5 heteroatoms. The predicted octanol–water partition coefficient (Wildman–Crippen LogP) is -1.34. The minimum Gasteiger partial charge on any atom is -0.467 e. The highest BCUT2D eigenvalue weighted by Crippen LogP contribution is 1.83. The fourth-order valence-corrected chi connectivity index (χ4v) is 0.460. The van der Waals surface area contributed by atoms with Crippen LogP contribution in [0.5, 0.6) is 0 Å². The molecule has 0 radical (unpaired) electrons. The van der Waals surface area contributed by atoms with Crippen LogP contribution in [0.1, 0.15) is 6.92 Å². The second-order valence-corrected chi connectivity index (χ2v) is 1.98. The van der Waals surface area contributed by atoms with Gasteiger partial charge in [0, 0.05) is 6.92 Å². The molecule has 0 saturated carbocycles. The van der Waals surface area contributed by atoms with Crippen molar-refractivity contribution in [3.63, 3.8) is 0 Å². The third kappa shape index (κ3) is 4.32. The van der Waals surface area contributed by atoms with Gasteiger partial charge in [0.15, 0.2) is 6.10 Å². The third-order valence-electron chi connectivity index (χ3n) is 1.02. The van der Waals surface area contributed by atoms with Crippen LogP contribution in [0.25, 0.3) is 0 Å². The van der Waals surface area contributed by atoms with Crippen LogP contribution in [0.15, 0.2) is 0 Å². The molecule has 0 saturated heterocycles. The first-order valence-corrected chi connectivity index (χ1v) is 3.08.